The van der Waals surface area contributed by atoms with Crippen LogP contribution in [0.4, 0.5) is 0 Å². The van der Waals surface area contributed by atoms with Crippen LogP contribution >= 0.6 is 0 Å². The summed E-state index contributed by atoms with van der Waals surface area (Å²) in [5.74, 6) is 1.13. The molecule has 1 aromatic heterocycles. The average Bonchev–Trinajstić information content (AvgIpc) is 3.14. The Kier molecular flexibility index (Phi) is 6.55. The molecule has 1 atom stereocenters. The molecule has 1 heterocycles. The van der Waals surface area contributed by atoms with E-state index in [1.807, 2.05) is 24.4 Å². The molecule has 1 amide bonds. The van der Waals surface area contributed by atoms with Crippen LogP contribution in [0.5, 0.6) is 11.5 Å². The topological polar surface area (TPSA) is 83.6 Å². The molecule has 3 rings (SSSR count). The molecular weight excluding hydrogens is 356 g/mol. The minimum Gasteiger partial charge on any atom is -0.497 e. The SMILES string of the molecule is COc1ccc(C(O)CCC(=O)NCCc2c[nH]c3ccccc23)c(OC)c1. The van der Waals surface area contributed by atoms with Crippen LogP contribution in [0.3, 0.4) is 0 Å². The third kappa shape index (κ3) is 4.64. The zero-order valence-electron chi connectivity index (χ0n) is 16.2. The second kappa shape index (κ2) is 9.28. The van der Waals surface area contributed by atoms with E-state index in [-0.39, 0.29) is 12.3 Å². The fourth-order valence-corrected chi connectivity index (χ4v) is 3.28. The number of aliphatic hydroxyl groups is 1. The first kappa shape index (κ1) is 19.8. The van der Waals surface area contributed by atoms with Crippen LogP contribution in [-0.2, 0) is 11.2 Å². The van der Waals surface area contributed by atoms with E-state index in [2.05, 4.69) is 16.4 Å². The lowest BCUT2D eigenvalue weighted by molar-refractivity contribution is -0.121. The number of nitrogens with one attached hydrogen (secondary N) is 2. The number of hydrogen-bond acceptors (Lipinski definition) is 4. The van der Waals surface area contributed by atoms with Crippen LogP contribution in [0.25, 0.3) is 10.9 Å². The lowest BCUT2D eigenvalue weighted by atomic mass is 10.0. The number of carbonyl (C=O) groups is 1. The number of aliphatic hydroxyl groups excluding tert-OH is 1. The number of para-hydroxylation sites is 1. The number of ether oxygens (including phenoxy) is 2. The van der Waals surface area contributed by atoms with E-state index in [1.165, 1.54) is 10.9 Å². The fourth-order valence-electron chi connectivity index (χ4n) is 3.28. The molecule has 0 radical (unpaired) electrons. The van der Waals surface area contributed by atoms with Gasteiger partial charge in [0.1, 0.15) is 11.5 Å². The maximum absolute atomic E-state index is 12.1. The number of amides is 1. The van der Waals surface area contributed by atoms with Crippen molar-refractivity contribution in [3.63, 3.8) is 0 Å². The van der Waals surface area contributed by atoms with Crippen molar-refractivity contribution in [3.05, 3.63) is 59.8 Å². The quantitative estimate of drug-likeness (QED) is 0.530. The molecule has 6 heteroatoms. The Morgan fingerprint density at radius 1 is 1.18 bits per heavy atom. The predicted molar refractivity (Wildman–Crippen MR) is 109 cm³/mol. The summed E-state index contributed by atoms with van der Waals surface area (Å²) >= 11 is 0. The molecule has 148 valence electrons. The molecule has 1 unspecified atom stereocenters. The monoisotopic (exact) mass is 382 g/mol. The molecule has 0 aliphatic heterocycles. The lowest BCUT2D eigenvalue weighted by Gasteiger charge is -2.15. The van der Waals surface area contributed by atoms with Crippen molar-refractivity contribution >= 4 is 16.8 Å². The number of H-pyrrole nitrogens is 1. The molecular formula is C22H26N2O4. The molecule has 0 saturated carbocycles. The van der Waals surface area contributed by atoms with Crippen molar-refractivity contribution in [2.75, 3.05) is 20.8 Å². The van der Waals surface area contributed by atoms with Crippen LogP contribution in [0.2, 0.25) is 0 Å². The predicted octanol–water partition coefficient (Wildman–Crippen LogP) is 3.36. The van der Waals surface area contributed by atoms with Gasteiger partial charge in [-0.05, 0) is 36.6 Å². The molecule has 3 N–H and O–H groups in total. The van der Waals surface area contributed by atoms with Crippen LogP contribution < -0.4 is 14.8 Å². The number of rotatable bonds is 9. The van der Waals surface area contributed by atoms with Crippen LogP contribution in [0.15, 0.2) is 48.7 Å². The molecule has 0 fully saturated rings. The van der Waals surface area contributed by atoms with E-state index in [9.17, 15) is 9.90 Å². The molecule has 6 nitrogen and oxygen atoms in total. The van der Waals surface area contributed by atoms with Crippen molar-refractivity contribution in [1.29, 1.82) is 0 Å². The van der Waals surface area contributed by atoms with Crippen LogP contribution in [-0.4, -0.2) is 36.8 Å². The first-order valence-electron chi connectivity index (χ1n) is 9.34. The number of fused-ring (bicyclic) bond motifs is 1. The zero-order valence-corrected chi connectivity index (χ0v) is 16.2. The van der Waals surface area contributed by atoms with E-state index in [1.54, 1.807) is 32.4 Å². The van der Waals surface area contributed by atoms with Gasteiger partial charge in [-0.3, -0.25) is 4.79 Å². The number of aromatic nitrogens is 1. The van der Waals surface area contributed by atoms with E-state index in [0.29, 0.717) is 30.0 Å². The smallest absolute Gasteiger partial charge is 0.220 e. The third-order valence-electron chi connectivity index (χ3n) is 4.84. The summed E-state index contributed by atoms with van der Waals surface area (Å²) in [6.07, 6.45) is 2.52. The standard InChI is InChI=1S/C22H26N2O4/c1-27-16-7-8-18(21(13-16)28-2)20(25)9-10-22(26)23-12-11-15-14-24-19-6-4-3-5-17(15)19/h3-8,13-14,20,24-25H,9-12H2,1-2H3,(H,23,26). The molecule has 28 heavy (non-hydrogen) atoms. The van der Waals surface area contributed by atoms with Gasteiger partial charge in [0.2, 0.25) is 5.91 Å². The van der Waals surface area contributed by atoms with Gasteiger partial charge < -0.3 is 24.9 Å². The Balaban J connectivity index is 1.47. The number of benzene rings is 2. The van der Waals surface area contributed by atoms with Gasteiger partial charge in [-0.2, -0.15) is 0 Å². The minimum absolute atomic E-state index is 0.0774. The first-order chi connectivity index (χ1) is 13.6. The second-order valence-corrected chi connectivity index (χ2v) is 6.62. The van der Waals surface area contributed by atoms with Gasteiger partial charge in [-0.1, -0.05) is 18.2 Å². The van der Waals surface area contributed by atoms with E-state index >= 15 is 0 Å². The van der Waals surface area contributed by atoms with Gasteiger partial charge in [-0.25, -0.2) is 0 Å². The number of hydrogen-bond donors (Lipinski definition) is 3. The molecule has 3 aromatic rings. The summed E-state index contributed by atoms with van der Waals surface area (Å²) in [5, 5.41) is 14.5. The molecule has 0 spiro atoms. The van der Waals surface area contributed by atoms with Gasteiger partial charge in [-0.15, -0.1) is 0 Å². The largest absolute Gasteiger partial charge is 0.497 e. The number of aromatic amines is 1. The highest BCUT2D eigenvalue weighted by atomic mass is 16.5. The maximum atomic E-state index is 12.1. The van der Waals surface area contributed by atoms with Crippen molar-refractivity contribution in [2.45, 2.75) is 25.4 Å². The molecule has 0 bridgehead atoms. The molecule has 0 aliphatic carbocycles. The highest BCUT2D eigenvalue weighted by Gasteiger charge is 2.16. The first-order valence-corrected chi connectivity index (χ1v) is 9.34. The molecule has 2 aromatic carbocycles. The summed E-state index contributed by atoms with van der Waals surface area (Å²) in [4.78, 5) is 15.4. The Labute approximate surface area is 164 Å². The Hall–Kier alpha value is -2.99. The normalized spacial score (nSPS) is 12.0. The number of carbonyl (C=O) groups excluding carboxylic acids is 1. The molecule has 0 aliphatic rings. The zero-order chi connectivity index (χ0) is 19.9. The van der Waals surface area contributed by atoms with E-state index < -0.39 is 6.10 Å². The van der Waals surface area contributed by atoms with Crippen molar-refractivity contribution < 1.29 is 19.4 Å². The van der Waals surface area contributed by atoms with E-state index in [0.717, 1.165) is 11.9 Å². The average molecular weight is 382 g/mol. The summed E-state index contributed by atoms with van der Waals surface area (Å²) in [5.41, 5.74) is 2.93. The summed E-state index contributed by atoms with van der Waals surface area (Å²) in [6, 6.07) is 13.4. The third-order valence-corrected chi connectivity index (χ3v) is 4.84. The lowest BCUT2D eigenvalue weighted by Crippen LogP contribution is -2.25. The van der Waals surface area contributed by atoms with Crippen molar-refractivity contribution in [3.8, 4) is 11.5 Å². The summed E-state index contributed by atoms with van der Waals surface area (Å²) in [6.45, 7) is 0.558. The molecule has 0 saturated heterocycles. The summed E-state index contributed by atoms with van der Waals surface area (Å²) in [7, 11) is 3.12. The van der Waals surface area contributed by atoms with Gasteiger partial charge in [0.25, 0.3) is 0 Å². The van der Waals surface area contributed by atoms with Gasteiger partial charge in [0.15, 0.2) is 0 Å². The van der Waals surface area contributed by atoms with E-state index in [4.69, 9.17) is 9.47 Å². The van der Waals surface area contributed by atoms with Gasteiger partial charge >= 0.3 is 0 Å². The Morgan fingerprint density at radius 3 is 2.79 bits per heavy atom. The second-order valence-electron chi connectivity index (χ2n) is 6.62. The fraction of sp³-hybridized carbons (Fsp3) is 0.318. The highest BCUT2D eigenvalue weighted by molar-refractivity contribution is 5.83. The van der Waals surface area contributed by atoms with Crippen LogP contribution in [0.1, 0.15) is 30.1 Å². The number of methoxy groups -OCH3 is 2. The van der Waals surface area contributed by atoms with Crippen LogP contribution in [0, 0.1) is 0 Å². The minimum atomic E-state index is -0.778. The highest BCUT2D eigenvalue weighted by Crippen LogP contribution is 2.31. The van der Waals surface area contributed by atoms with Crippen molar-refractivity contribution in [2.24, 2.45) is 0 Å². The van der Waals surface area contributed by atoms with Gasteiger partial charge in [0, 0.05) is 41.7 Å². The van der Waals surface area contributed by atoms with Crippen molar-refractivity contribution in [1.82, 2.24) is 10.3 Å². The Bertz CT molecular complexity index is 935. The van der Waals surface area contributed by atoms with Gasteiger partial charge in [0.05, 0.1) is 20.3 Å². The Morgan fingerprint density at radius 2 is 2.00 bits per heavy atom. The summed E-state index contributed by atoms with van der Waals surface area (Å²) < 4.78 is 10.5. The maximum Gasteiger partial charge on any atom is 0.220 e.